The average molecular weight is 384 g/mol. The van der Waals surface area contributed by atoms with Crippen molar-refractivity contribution in [1.82, 2.24) is 0 Å². The summed E-state index contributed by atoms with van der Waals surface area (Å²) >= 11 is 5.91. The molecular formula is C17H18ClNO5S. The highest BCUT2D eigenvalue weighted by Crippen LogP contribution is 2.29. The number of benzene rings is 2. The highest BCUT2D eigenvalue weighted by Gasteiger charge is 2.21. The summed E-state index contributed by atoms with van der Waals surface area (Å²) in [5.74, 6) is -0.362. The quantitative estimate of drug-likeness (QED) is 0.770. The molecule has 0 saturated carbocycles. The number of carbonyl (C=O) groups excluding carboxylic acids is 1. The number of aryl methyl sites for hydroxylation is 1. The van der Waals surface area contributed by atoms with Gasteiger partial charge in [0.2, 0.25) is 0 Å². The lowest BCUT2D eigenvalue weighted by atomic mass is 10.1. The van der Waals surface area contributed by atoms with Crippen LogP contribution in [0.1, 0.15) is 22.8 Å². The van der Waals surface area contributed by atoms with E-state index in [0.29, 0.717) is 5.56 Å². The summed E-state index contributed by atoms with van der Waals surface area (Å²) in [5.41, 5.74) is 1.17. The Balaban J connectivity index is 2.43. The maximum Gasteiger partial charge on any atom is 0.338 e. The molecular weight excluding hydrogens is 366 g/mol. The lowest BCUT2D eigenvalue weighted by molar-refractivity contribution is 0.0526. The molecule has 0 aliphatic carbocycles. The van der Waals surface area contributed by atoms with Gasteiger partial charge < -0.3 is 9.47 Å². The molecule has 0 aliphatic rings. The molecule has 0 bridgehead atoms. The number of halogens is 1. The molecule has 0 unspecified atom stereocenters. The normalized spacial score (nSPS) is 11.0. The van der Waals surface area contributed by atoms with E-state index in [2.05, 4.69) is 4.72 Å². The molecule has 2 aromatic carbocycles. The van der Waals surface area contributed by atoms with Gasteiger partial charge in [-0.3, -0.25) is 4.72 Å². The average Bonchev–Trinajstić information content (AvgIpc) is 2.57. The van der Waals surface area contributed by atoms with E-state index in [0.717, 1.165) is 0 Å². The zero-order chi connectivity index (χ0) is 18.6. The predicted molar refractivity (Wildman–Crippen MR) is 95.9 cm³/mol. The summed E-state index contributed by atoms with van der Waals surface area (Å²) < 4.78 is 38.0. The number of carbonyl (C=O) groups is 1. The van der Waals surface area contributed by atoms with E-state index in [9.17, 15) is 13.2 Å². The van der Waals surface area contributed by atoms with E-state index in [4.69, 9.17) is 21.1 Å². The van der Waals surface area contributed by atoms with Crippen molar-refractivity contribution in [3.8, 4) is 5.75 Å². The van der Waals surface area contributed by atoms with Crippen molar-refractivity contribution in [2.45, 2.75) is 18.7 Å². The third-order valence-corrected chi connectivity index (χ3v) is 5.03. The first-order chi connectivity index (χ1) is 11.8. The van der Waals surface area contributed by atoms with Crippen LogP contribution in [0.2, 0.25) is 5.02 Å². The Morgan fingerprint density at radius 3 is 2.56 bits per heavy atom. The van der Waals surface area contributed by atoms with Crippen molar-refractivity contribution in [3.05, 3.63) is 52.5 Å². The standard InChI is InChI=1S/C17H18ClNO5S/c1-4-24-17(20)12-6-5-11(2)14(9-12)19-25(21,22)16-10-13(18)7-8-15(16)23-3/h5-10,19H,4H2,1-3H3. The molecule has 0 radical (unpaired) electrons. The molecule has 0 spiro atoms. The number of hydrogen-bond donors (Lipinski definition) is 1. The summed E-state index contributed by atoms with van der Waals surface area (Å²) in [6.45, 7) is 3.65. The zero-order valence-electron chi connectivity index (χ0n) is 14.0. The predicted octanol–water partition coefficient (Wildman–Crippen LogP) is 3.63. The van der Waals surface area contributed by atoms with Crippen molar-refractivity contribution >= 4 is 33.3 Å². The SMILES string of the molecule is CCOC(=O)c1ccc(C)c(NS(=O)(=O)c2cc(Cl)ccc2OC)c1. The van der Waals surface area contributed by atoms with Crippen LogP contribution in [0.5, 0.6) is 5.75 Å². The van der Waals surface area contributed by atoms with Gasteiger partial charge in [-0.05, 0) is 49.7 Å². The second-order valence-corrected chi connectivity index (χ2v) is 7.24. The Morgan fingerprint density at radius 1 is 1.20 bits per heavy atom. The van der Waals surface area contributed by atoms with Gasteiger partial charge >= 0.3 is 5.97 Å². The Morgan fingerprint density at radius 2 is 1.92 bits per heavy atom. The Bertz CT molecular complexity index is 896. The van der Waals surface area contributed by atoms with E-state index in [1.54, 1.807) is 26.0 Å². The van der Waals surface area contributed by atoms with Crippen molar-refractivity contribution in [2.24, 2.45) is 0 Å². The fraction of sp³-hybridized carbons (Fsp3) is 0.235. The van der Waals surface area contributed by atoms with Gasteiger partial charge in [-0.15, -0.1) is 0 Å². The van der Waals surface area contributed by atoms with Gasteiger partial charge in [0, 0.05) is 5.02 Å². The number of anilines is 1. The maximum atomic E-state index is 12.7. The van der Waals surface area contributed by atoms with Gasteiger partial charge in [0.05, 0.1) is 25.0 Å². The molecule has 2 aromatic rings. The number of sulfonamides is 1. The van der Waals surface area contributed by atoms with Crippen LogP contribution < -0.4 is 9.46 Å². The minimum atomic E-state index is -3.97. The van der Waals surface area contributed by atoms with Crippen LogP contribution in [0.15, 0.2) is 41.3 Å². The molecule has 2 rings (SSSR count). The zero-order valence-corrected chi connectivity index (χ0v) is 15.6. The molecule has 0 heterocycles. The van der Waals surface area contributed by atoms with Crippen molar-refractivity contribution in [3.63, 3.8) is 0 Å². The first-order valence-electron chi connectivity index (χ1n) is 7.42. The van der Waals surface area contributed by atoms with E-state index in [1.165, 1.54) is 31.4 Å². The van der Waals surface area contributed by atoms with Crippen LogP contribution in [0.3, 0.4) is 0 Å². The molecule has 0 fully saturated rings. The van der Waals surface area contributed by atoms with Gasteiger partial charge in [0.15, 0.2) is 0 Å². The van der Waals surface area contributed by atoms with E-state index in [-0.39, 0.29) is 33.5 Å². The molecule has 134 valence electrons. The molecule has 0 aliphatic heterocycles. The largest absolute Gasteiger partial charge is 0.495 e. The lowest BCUT2D eigenvalue weighted by Crippen LogP contribution is -2.15. The van der Waals surface area contributed by atoms with Gasteiger partial charge in [-0.25, -0.2) is 13.2 Å². The van der Waals surface area contributed by atoms with Crippen molar-refractivity contribution in [2.75, 3.05) is 18.4 Å². The highest BCUT2D eigenvalue weighted by molar-refractivity contribution is 7.92. The van der Waals surface area contributed by atoms with E-state index >= 15 is 0 Å². The fourth-order valence-corrected chi connectivity index (χ4v) is 3.69. The summed E-state index contributed by atoms with van der Waals surface area (Å²) in [6.07, 6.45) is 0. The number of methoxy groups -OCH3 is 1. The van der Waals surface area contributed by atoms with Crippen LogP contribution >= 0.6 is 11.6 Å². The Hall–Kier alpha value is -2.25. The number of hydrogen-bond acceptors (Lipinski definition) is 5. The van der Waals surface area contributed by atoms with Crippen LogP contribution in [0, 0.1) is 6.92 Å². The van der Waals surface area contributed by atoms with Crippen LogP contribution in [0.25, 0.3) is 0 Å². The van der Waals surface area contributed by atoms with Crippen LogP contribution in [-0.4, -0.2) is 28.1 Å². The Labute approximate surface area is 151 Å². The fourth-order valence-electron chi connectivity index (χ4n) is 2.13. The lowest BCUT2D eigenvalue weighted by Gasteiger charge is -2.14. The first-order valence-corrected chi connectivity index (χ1v) is 9.28. The minimum absolute atomic E-state index is 0.0940. The highest BCUT2D eigenvalue weighted by atomic mass is 35.5. The van der Waals surface area contributed by atoms with Gasteiger partial charge in [0.1, 0.15) is 10.6 Å². The van der Waals surface area contributed by atoms with Crippen molar-refractivity contribution in [1.29, 1.82) is 0 Å². The summed E-state index contributed by atoms with van der Waals surface area (Å²) in [7, 11) is -2.60. The number of ether oxygens (including phenoxy) is 2. The molecule has 0 aromatic heterocycles. The molecule has 6 nitrogen and oxygen atoms in total. The molecule has 8 heteroatoms. The number of rotatable bonds is 6. The van der Waals surface area contributed by atoms with E-state index in [1.807, 2.05) is 0 Å². The van der Waals surface area contributed by atoms with Gasteiger partial charge in [0.25, 0.3) is 10.0 Å². The second-order valence-electron chi connectivity index (χ2n) is 5.15. The number of nitrogens with one attached hydrogen (secondary N) is 1. The molecule has 25 heavy (non-hydrogen) atoms. The molecule has 0 saturated heterocycles. The van der Waals surface area contributed by atoms with Gasteiger partial charge in [-0.1, -0.05) is 17.7 Å². The Kier molecular flexibility index (Phi) is 5.92. The third kappa shape index (κ3) is 4.43. The monoisotopic (exact) mass is 383 g/mol. The third-order valence-electron chi connectivity index (χ3n) is 3.41. The van der Waals surface area contributed by atoms with Crippen molar-refractivity contribution < 1.29 is 22.7 Å². The summed E-state index contributed by atoms with van der Waals surface area (Å²) in [5, 5.41) is 0.262. The topological polar surface area (TPSA) is 81.7 Å². The molecule has 0 amide bonds. The smallest absolute Gasteiger partial charge is 0.338 e. The van der Waals surface area contributed by atoms with E-state index < -0.39 is 16.0 Å². The number of esters is 1. The van der Waals surface area contributed by atoms with Crippen LogP contribution in [-0.2, 0) is 14.8 Å². The first kappa shape index (κ1) is 19.1. The molecule has 1 N–H and O–H groups in total. The minimum Gasteiger partial charge on any atom is -0.495 e. The van der Waals surface area contributed by atoms with Gasteiger partial charge in [-0.2, -0.15) is 0 Å². The second kappa shape index (κ2) is 7.76. The maximum absolute atomic E-state index is 12.7. The molecule has 0 atom stereocenters. The van der Waals surface area contributed by atoms with Crippen LogP contribution in [0.4, 0.5) is 5.69 Å². The summed E-state index contributed by atoms with van der Waals surface area (Å²) in [4.78, 5) is 11.8. The summed E-state index contributed by atoms with van der Waals surface area (Å²) in [6, 6.07) is 8.95.